The van der Waals surface area contributed by atoms with Crippen LogP contribution in [0, 0.1) is 30.5 Å². The van der Waals surface area contributed by atoms with E-state index < -0.39 is 34.4 Å². The van der Waals surface area contributed by atoms with Crippen molar-refractivity contribution in [1.82, 2.24) is 0 Å². The predicted octanol–water partition coefficient (Wildman–Crippen LogP) is 5.10. The molecule has 0 aliphatic heterocycles. The smallest absolute Gasteiger partial charge is 0.344 e. The second-order valence-electron chi connectivity index (χ2n) is 9.52. The molecule has 3 atom stereocenters. The first-order valence-corrected chi connectivity index (χ1v) is 13.2. The first kappa shape index (κ1) is 26.7. The predicted molar refractivity (Wildman–Crippen MR) is 130 cm³/mol. The summed E-state index contributed by atoms with van der Waals surface area (Å²) >= 11 is 0. The van der Waals surface area contributed by atoms with Gasteiger partial charge in [-0.25, -0.2) is 22.4 Å². The topological polar surface area (TPSA) is 98.8 Å². The molecule has 1 aliphatic rings. The Bertz CT molecular complexity index is 1160. The molecule has 2 aromatic carbocycles. The Balaban J connectivity index is 1.65. The molecule has 35 heavy (non-hydrogen) atoms. The van der Waals surface area contributed by atoms with Crippen LogP contribution in [0.5, 0.6) is 0 Å². The second kappa shape index (κ2) is 11.2. The number of sulfonamides is 1. The highest BCUT2D eigenvalue weighted by Crippen LogP contribution is 2.35. The van der Waals surface area contributed by atoms with Gasteiger partial charge in [0.1, 0.15) is 11.9 Å². The van der Waals surface area contributed by atoms with E-state index in [1.807, 2.05) is 0 Å². The lowest BCUT2D eigenvalue weighted by Gasteiger charge is -2.36. The Morgan fingerprint density at radius 3 is 2.46 bits per heavy atom. The molecular formula is C26H32FNO6S. The molecule has 0 spiro atoms. The van der Waals surface area contributed by atoms with Gasteiger partial charge in [-0.1, -0.05) is 33.3 Å². The number of hydrogen-bond acceptors (Lipinski definition) is 6. The molecule has 0 aromatic heterocycles. The van der Waals surface area contributed by atoms with Crippen molar-refractivity contribution in [2.24, 2.45) is 17.8 Å². The van der Waals surface area contributed by atoms with Crippen molar-refractivity contribution < 1.29 is 31.9 Å². The molecule has 0 heterocycles. The SMILES string of the molecule is Cc1ccc(S(=O)(=O)Nc2ccc(F)cc2)cc1C(=O)OCC(=O)OC1CC(C)CCC1C(C)C. The number of hydrogen-bond donors (Lipinski definition) is 1. The number of carbonyl (C=O) groups excluding carboxylic acids is 2. The summed E-state index contributed by atoms with van der Waals surface area (Å²) in [5.74, 6) is -0.841. The minimum Gasteiger partial charge on any atom is -0.460 e. The number of halogens is 1. The van der Waals surface area contributed by atoms with Gasteiger partial charge in [-0.3, -0.25) is 4.72 Å². The Labute approximate surface area is 206 Å². The van der Waals surface area contributed by atoms with E-state index in [9.17, 15) is 22.4 Å². The zero-order valence-electron chi connectivity index (χ0n) is 20.4. The molecule has 1 N–H and O–H groups in total. The maximum absolute atomic E-state index is 13.1. The summed E-state index contributed by atoms with van der Waals surface area (Å²) in [4.78, 5) is 24.9. The van der Waals surface area contributed by atoms with E-state index in [4.69, 9.17) is 9.47 Å². The summed E-state index contributed by atoms with van der Waals surface area (Å²) in [7, 11) is -4.04. The van der Waals surface area contributed by atoms with Crippen LogP contribution in [0.2, 0.25) is 0 Å². The van der Waals surface area contributed by atoms with Crippen LogP contribution in [0.4, 0.5) is 10.1 Å². The highest BCUT2D eigenvalue weighted by Gasteiger charge is 2.33. The van der Waals surface area contributed by atoms with Crippen molar-refractivity contribution in [3.63, 3.8) is 0 Å². The van der Waals surface area contributed by atoms with Crippen LogP contribution < -0.4 is 4.72 Å². The average molecular weight is 506 g/mol. The number of rotatable bonds is 8. The summed E-state index contributed by atoms with van der Waals surface area (Å²) in [5, 5.41) is 0. The molecule has 3 rings (SSSR count). The molecule has 0 radical (unpaired) electrons. The monoisotopic (exact) mass is 505 g/mol. The second-order valence-corrected chi connectivity index (χ2v) is 11.2. The molecule has 2 aromatic rings. The van der Waals surface area contributed by atoms with Crippen molar-refractivity contribution in [2.45, 2.75) is 58.0 Å². The van der Waals surface area contributed by atoms with E-state index in [1.165, 1.54) is 30.3 Å². The van der Waals surface area contributed by atoms with Crippen molar-refractivity contribution >= 4 is 27.6 Å². The molecule has 1 aliphatic carbocycles. The number of benzene rings is 2. The van der Waals surface area contributed by atoms with Gasteiger partial charge in [0.2, 0.25) is 0 Å². The third kappa shape index (κ3) is 7.04. The molecule has 7 nitrogen and oxygen atoms in total. The van der Waals surface area contributed by atoms with Gasteiger partial charge < -0.3 is 9.47 Å². The summed E-state index contributed by atoms with van der Waals surface area (Å²) in [6.07, 6.45) is 2.66. The number of nitrogens with one attached hydrogen (secondary N) is 1. The van der Waals surface area contributed by atoms with Crippen LogP contribution in [0.3, 0.4) is 0 Å². The molecule has 9 heteroatoms. The van der Waals surface area contributed by atoms with Crippen molar-refractivity contribution in [3.05, 3.63) is 59.4 Å². The van der Waals surface area contributed by atoms with E-state index in [-0.39, 0.29) is 28.2 Å². The minimum atomic E-state index is -4.04. The number of aryl methyl sites for hydroxylation is 1. The Hall–Kier alpha value is -2.94. The van der Waals surface area contributed by atoms with E-state index >= 15 is 0 Å². The summed E-state index contributed by atoms with van der Waals surface area (Å²) in [6, 6.07) is 8.86. The molecule has 1 fully saturated rings. The maximum Gasteiger partial charge on any atom is 0.344 e. The number of anilines is 1. The van der Waals surface area contributed by atoms with Crippen molar-refractivity contribution in [2.75, 3.05) is 11.3 Å². The van der Waals surface area contributed by atoms with E-state index in [1.54, 1.807) is 6.92 Å². The third-order valence-electron chi connectivity index (χ3n) is 6.40. The van der Waals surface area contributed by atoms with Gasteiger partial charge >= 0.3 is 11.9 Å². The summed E-state index contributed by atoms with van der Waals surface area (Å²) in [6.45, 7) is 7.42. The van der Waals surface area contributed by atoms with Crippen LogP contribution in [-0.4, -0.2) is 33.1 Å². The van der Waals surface area contributed by atoms with Crippen LogP contribution in [-0.2, 0) is 24.3 Å². The lowest BCUT2D eigenvalue weighted by atomic mass is 9.75. The lowest BCUT2D eigenvalue weighted by Crippen LogP contribution is -2.36. The lowest BCUT2D eigenvalue weighted by molar-refractivity contribution is -0.159. The zero-order chi connectivity index (χ0) is 25.8. The Morgan fingerprint density at radius 1 is 1.11 bits per heavy atom. The number of carbonyl (C=O) groups is 2. The standard InChI is InChI=1S/C26H32FNO6S/c1-16(2)22-12-5-17(3)13-24(22)34-25(29)15-33-26(30)23-14-21(11-6-18(23)4)35(31,32)28-20-9-7-19(27)8-10-20/h6-11,14,16-17,22,24,28H,5,12-13,15H2,1-4H3. The number of esters is 2. The average Bonchev–Trinajstić information content (AvgIpc) is 2.79. The van der Waals surface area contributed by atoms with E-state index in [0.29, 0.717) is 17.4 Å². The van der Waals surface area contributed by atoms with Gasteiger partial charge in [0.15, 0.2) is 6.61 Å². The van der Waals surface area contributed by atoms with Gasteiger partial charge in [-0.05, 0) is 79.5 Å². The fourth-order valence-electron chi connectivity index (χ4n) is 4.38. The van der Waals surface area contributed by atoms with Crippen LogP contribution in [0.1, 0.15) is 56.0 Å². The van der Waals surface area contributed by atoms with Crippen LogP contribution >= 0.6 is 0 Å². The molecular weight excluding hydrogens is 473 g/mol. The van der Waals surface area contributed by atoms with Gasteiger partial charge in [-0.15, -0.1) is 0 Å². The Kier molecular flexibility index (Phi) is 8.53. The zero-order valence-corrected chi connectivity index (χ0v) is 21.2. The van der Waals surface area contributed by atoms with Crippen molar-refractivity contribution in [1.29, 1.82) is 0 Å². The van der Waals surface area contributed by atoms with Gasteiger partial charge in [-0.2, -0.15) is 0 Å². The minimum absolute atomic E-state index is 0.0196. The molecule has 0 bridgehead atoms. The normalized spacial score (nSPS) is 20.3. The quantitative estimate of drug-likeness (QED) is 0.502. The van der Waals surface area contributed by atoms with Crippen LogP contribution in [0.25, 0.3) is 0 Å². The molecule has 0 saturated heterocycles. The maximum atomic E-state index is 13.1. The molecule has 0 amide bonds. The molecule has 3 unspecified atom stereocenters. The van der Waals surface area contributed by atoms with E-state index in [2.05, 4.69) is 25.5 Å². The molecule has 1 saturated carbocycles. The summed E-state index contributed by atoms with van der Waals surface area (Å²) < 4.78 is 51.7. The summed E-state index contributed by atoms with van der Waals surface area (Å²) in [5.41, 5.74) is 0.687. The fraction of sp³-hybridized carbons (Fsp3) is 0.462. The van der Waals surface area contributed by atoms with Crippen LogP contribution in [0.15, 0.2) is 47.4 Å². The highest BCUT2D eigenvalue weighted by molar-refractivity contribution is 7.92. The van der Waals surface area contributed by atoms with Gasteiger partial charge in [0.25, 0.3) is 10.0 Å². The molecule has 190 valence electrons. The third-order valence-corrected chi connectivity index (χ3v) is 7.78. The highest BCUT2D eigenvalue weighted by atomic mass is 32.2. The van der Waals surface area contributed by atoms with Gasteiger partial charge in [0, 0.05) is 5.69 Å². The largest absolute Gasteiger partial charge is 0.460 e. The number of ether oxygens (including phenoxy) is 2. The fourth-order valence-corrected chi connectivity index (χ4v) is 5.46. The first-order chi connectivity index (χ1) is 16.5. The van der Waals surface area contributed by atoms with Crippen molar-refractivity contribution in [3.8, 4) is 0 Å². The van der Waals surface area contributed by atoms with E-state index in [0.717, 1.165) is 31.4 Å². The first-order valence-electron chi connectivity index (χ1n) is 11.7. The van der Waals surface area contributed by atoms with Gasteiger partial charge in [0.05, 0.1) is 10.5 Å². The Morgan fingerprint density at radius 2 is 1.80 bits per heavy atom.